The van der Waals surface area contributed by atoms with Crippen LogP contribution in [0.3, 0.4) is 0 Å². The highest BCUT2D eigenvalue weighted by atomic mass is 16.5. The highest BCUT2D eigenvalue weighted by molar-refractivity contribution is 5.86. The van der Waals surface area contributed by atoms with Gasteiger partial charge in [-0.2, -0.15) is 0 Å². The molecule has 5 heteroatoms. The van der Waals surface area contributed by atoms with E-state index in [2.05, 4.69) is 4.90 Å². The first kappa shape index (κ1) is 17.0. The smallest absolute Gasteiger partial charge is 0.373 e. The maximum absolute atomic E-state index is 11.6. The van der Waals surface area contributed by atoms with Crippen molar-refractivity contribution in [2.24, 2.45) is 5.92 Å². The van der Waals surface area contributed by atoms with Crippen LogP contribution in [0.15, 0.2) is 10.5 Å². The third-order valence-electron chi connectivity index (χ3n) is 4.46. The van der Waals surface area contributed by atoms with Crippen molar-refractivity contribution in [1.82, 2.24) is 4.90 Å². The van der Waals surface area contributed by atoms with Crippen LogP contribution < -0.4 is 0 Å². The molecule has 2 rings (SSSR count). The minimum atomic E-state index is -0.439. The van der Waals surface area contributed by atoms with Gasteiger partial charge in [-0.1, -0.05) is 19.8 Å². The van der Waals surface area contributed by atoms with Gasteiger partial charge in [-0.05, 0) is 31.9 Å². The quantitative estimate of drug-likeness (QED) is 0.818. The molecular weight excluding hydrogens is 282 g/mol. The van der Waals surface area contributed by atoms with Crippen LogP contribution in [0.4, 0.5) is 0 Å². The van der Waals surface area contributed by atoms with Crippen LogP contribution in [0.25, 0.3) is 0 Å². The average molecular weight is 309 g/mol. The molecule has 0 aromatic carbocycles. The summed E-state index contributed by atoms with van der Waals surface area (Å²) in [6.45, 7) is 3.59. The Bertz CT molecular complexity index is 497. The Balaban J connectivity index is 1.99. The Morgan fingerprint density at radius 3 is 2.82 bits per heavy atom. The molecule has 1 heterocycles. The number of aliphatic hydroxyl groups is 1. The summed E-state index contributed by atoms with van der Waals surface area (Å²) in [5.41, 5.74) is 1.02. The molecule has 124 valence electrons. The lowest BCUT2D eigenvalue weighted by Crippen LogP contribution is -2.34. The van der Waals surface area contributed by atoms with E-state index in [1.807, 2.05) is 14.0 Å². The Morgan fingerprint density at radius 2 is 2.18 bits per heavy atom. The fourth-order valence-electron chi connectivity index (χ4n) is 3.26. The Kier molecular flexibility index (Phi) is 6.03. The minimum Gasteiger partial charge on any atom is -0.463 e. The summed E-state index contributed by atoms with van der Waals surface area (Å²) in [6.07, 6.45) is 4.89. The lowest BCUT2D eigenvalue weighted by Gasteiger charge is -2.31. The van der Waals surface area contributed by atoms with Gasteiger partial charge in [0.05, 0.1) is 13.2 Å². The summed E-state index contributed by atoms with van der Waals surface area (Å²) in [4.78, 5) is 13.8. The molecule has 5 nitrogen and oxygen atoms in total. The maximum atomic E-state index is 11.6. The van der Waals surface area contributed by atoms with Gasteiger partial charge in [-0.25, -0.2) is 4.79 Å². The Hall–Kier alpha value is -1.33. The third-order valence-corrected chi connectivity index (χ3v) is 4.46. The maximum Gasteiger partial charge on any atom is 0.373 e. The lowest BCUT2D eigenvalue weighted by molar-refractivity contribution is 0.0500. The monoisotopic (exact) mass is 309 g/mol. The van der Waals surface area contributed by atoms with Crippen molar-refractivity contribution in [3.63, 3.8) is 0 Å². The number of hydrogen-bond donors (Lipinski definition) is 1. The van der Waals surface area contributed by atoms with Crippen LogP contribution in [-0.2, 0) is 17.7 Å². The molecule has 0 amide bonds. The summed E-state index contributed by atoms with van der Waals surface area (Å²) in [5, 5.41) is 10.1. The molecule has 1 aliphatic carbocycles. The normalized spacial score (nSPS) is 22.0. The van der Waals surface area contributed by atoms with Gasteiger partial charge in [0, 0.05) is 25.1 Å². The summed E-state index contributed by atoms with van der Waals surface area (Å²) in [5.74, 6) is 0.999. The second-order valence-electron chi connectivity index (χ2n) is 6.21. The zero-order chi connectivity index (χ0) is 16.1. The molecule has 1 aromatic heterocycles. The van der Waals surface area contributed by atoms with Gasteiger partial charge in [0.15, 0.2) is 0 Å². The number of aryl methyl sites for hydroxylation is 1. The number of nitrogens with zero attached hydrogens (tertiary/aromatic N) is 1. The number of aliphatic hydroxyl groups excluding tert-OH is 1. The van der Waals surface area contributed by atoms with Gasteiger partial charge in [0.2, 0.25) is 5.76 Å². The molecule has 0 spiro atoms. The number of carbonyl (C=O) groups is 1. The fourth-order valence-corrected chi connectivity index (χ4v) is 3.26. The number of ether oxygens (including phenoxy) is 1. The molecule has 22 heavy (non-hydrogen) atoms. The van der Waals surface area contributed by atoms with Gasteiger partial charge in [-0.15, -0.1) is 0 Å². The van der Waals surface area contributed by atoms with E-state index in [9.17, 15) is 9.90 Å². The zero-order valence-electron chi connectivity index (χ0n) is 13.8. The molecule has 0 saturated heterocycles. The molecule has 1 saturated carbocycles. The molecule has 0 radical (unpaired) electrons. The van der Waals surface area contributed by atoms with Crippen molar-refractivity contribution in [3.05, 3.63) is 23.2 Å². The van der Waals surface area contributed by atoms with Crippen LogP contribution in [0, 0.1) is 5.92 Å². The second kappa shape index (κ2) is 7.79. The highest BCUT2D eigenvalue weighted by Crippen LogP contribution is 2.26. The lowest BCUT2D eigenvalue weighted by atomic mass is 9.86. The van der Waals surface area contributed by atoms with Gasteiger partial charge < -0.3 is 19.2 Å². The van der Waals surface area contributed by atoms with E-state index < -0.39 is 5.97 Å². The molecule has 1 N–H and O–H groups in total. The number of carbonyl (C=O) groups excluding carboxylic acids is 1. The fraction of sp³-hybridized carbons (Fsp3) is 0.706. The first-order valence-corrected chi connectivity index (χ1v) is 8.11. The number of furan rings is 1. The van der Waals surface area contributed by atoms with E-state index >= 15 is 0 Å². The SMILES string of the molecule is CCc1oc(C(=O)OC)cc1CN(C)CC1CCCCC1O. The zero-order valence-corrected chi connectivity index (χ0v) is 13.8. The summed E-state index contributed by atoms with van der Waals surface area (Å²) >= 11 is 0. The molecule has 1 aromatic rings. The van der Waals surface area contributed by atoms with Gasteiger partial charge in [0.25, 0.3) is 0 Å². The van der Waals surface area contributed by atoms with Crippen LogP contribution in [0.1, 0.15) is 54.5 Å². The predicted molar refractivity (Wildman–Crippen MR) is 83.7 cm³/mol. The molecule has 0 aliphatic heterocycles. The van der Waals surface area contributed by atoms with Gasteiger partial charge >= 0.3 is 5.97 Å². The molecule has 1 aliphatic rings. The third kappa shape index (κ3) is 4.11. The van der Waals surface area contributed by atoms with Crippen molar-refractivity contribution in [2.45, 2.75) is 51.7 Å². The van der Waals surface area contributed by atoms with Crippen molar-refractivity contribution in [1.29, 1.82) is 0 Å². The van der Waals surface area contributed by atoms with Crippen molar-refractivity contribution in [2.75, 3.05) is 20.7 Å². The first-order chi connectivity index (χ1) is 10.5. The first-order valence-electron chi connectivity index (χ1n) is 8.11. The van der Waals surface area contributed by atoms with E-state index in [0.717, 1.165) is 43.6 Å². The van der Waals surface area contributed by atoms with E-state index in [1.54, 1.807) is 6.07 Å². The number of rotatable bonds is 6. The van der Waals surface area contributed by atoms with Crippen molar-refractivity contribution >= 4 is 5.97 Å². The second-order valence-corrected chi connectivity index (χ2v) is 6.21. The topological polar surface area (TPSA) is 62.9 Å². The standard InChI is InChI=1S/C17H27NO4/c1-4-15-13(9-16(22-15)17(20)21-3)11-18(2)10-12-7-5-6-8-14(12)19/h9,12,14,19H,4-8,10-11H2,1-3H3. The number of esters is 1. The van der Waals surface area contributed by atoms with E-state index in [-0.39, 0.29) is 11.9 Å². The van der Waals surface area contributed by atoms with Crippen LogP contribution in [0.2, 0.25) is 0 Å². The largest absolute Gasteiger partial charge is 0.463 e. The van der Waals surface area contributed by atoms with Crippen LogP contribution in [0.5, 0.6) is 0 Å². The highest BCUT2D eigenvalue weighted by Gasteiger charge is 2.25. The summed E-state index contributed by atoms with van der Waals surface area (Å²) in [7, 11) is 3.40. The summed E-state index contributed by atoms with van der Waals surface area (Å²) < 4.78 is 10.3. The van der Waals surface area contributed by atoms with E-state index in [4.69, 9.17) is 9.15 Å². The Labute approximate surface area is 132 Å². The average Bonchev–Trinajstić information content (AvgIpc) is 2.91. The molecule has 2 unspecified atom stereocenters. The van der Waals surface area contributed by atoms with Gasteiger partial charge in [-0.3, -0.25) is 0 Å². The van der Waals surface area contributed by atoms with Gasteiger partial charge in [0.1, 0.15) is 5.76 Å². The van der Waals surface area contributed by atoms with Crippen LogP contribution >= 0.6 is 0 Å². The van der Waals surface area contributed by atoms with Crippen molar-refractivity contribution < 1.29 is 19.1 Å². The van der Waals surface area contributed by atoms with Crippen molar-refractivity contribution in [3.8, 4) is 0 Å². The number of hydrogen-bond acceptors (Lipinski definition) is 5. The Morgan fingerprint density at radius 1 is 1.45 bits per heavy atom. The summed E-state index contributed by atoms with van der Waals surface area (Å²) in [6, 6.07) is 1.78. The molecule has 2 atom stereocenters. The van der Waals surface area contributed by atoms with Crippen LogP contribution in [-0.4, -0.2) is 42.8 Å². The minimum absolute atomic E-state index is 0.183. The molecule has 1 fully saturated rings. The number of methoxy groups -OCH3 is 1. The predicted octanol–water partition coefficient (Wildman–Crippen LogP) is 2.61. The van der Waals surface area contributed by atoms with E-state index in [0.29, 0.717) is 12.5 Å². The molecule has 0 bridgehead atoms. The van der Waals surface area contributed by atoms with E-state index in [1.165, 1.54) is 13.5 Å². The molecular formula is C17H27NO4.